The van der Waals surface area contributed by atoms with Crippen molar-refractivity contribution >= 4 is 34.6 Å². The van der Waals surface area contributed by atoms with Crippen LogP contribution < -0.4 is 10.6 Å². The smallest absolute Gasteiger partial charge is 0.320 e. The summed E-state index contributed by atoms with van der Waals surface area (Å²) in [6.07, 6.45) is 1.51. The highest BCUT2D eigenvalue weighted by molar-refractivity contribution is 7.13. The largest absolute Gasteiger partial charge is 0.322 e. The average Bonchev–Trinajstić information content (AvgIpc) is 3.43. The van der Waals surface area contributed by atoms with Crippen LogP contribution in [0.15, 0.2) is 36.4 Å². The van der Waals surface area contributed by atoms with E-state index >= 15 is 0 Å². The second-order valence-corrected chi connectivity index (χ2v) is 8.62. The number of aromatic nitrogens is 2. The molecule has 3 aromatic rings. The molecule has 1 aliphatic rings. The normalized spacial score (nSPS) is 15.6. The Bertz CT molecular complexity index is 1180. The molecule has 0 bridgehead atoms. The predicted octanol–water partition coefficient (Wildman–Crippen LogP) is 5.05. The molecule has 2 heterocycles. The summed E-state index contributed by atoms with van der Waals surface area (Å²) in [6, 6.07) is 8.29. The second kappa shape index (κ2) is 8.99. The summed E-state index contributed by atoms with van der Waals surface area (Å²) in [5, 5.41) is 14.1. The van der Waals surface area contributed by atoms with Crippen LogP contribution in [-0.2, 0) is 0 Å². The highest BCUT2D eigenvalue weighted by Gasteiger charge is 2.33. The van der Waals surface area contributed by atoms with E-state index < -0.39 is 17.5 Å². The van der Waals surface area contributed by atoms with Crippen LogP contribution in [-0.4, -0.2) is 33.6 Å². The van der Waals surface area contributed by atoms with Crippen LogP contribution in [0.25, 0.3) is 0 Å². The Morgan fingerprint density at radius 2 is 1.75 bits per heavy atom. The lowest BCUT2D eigenvalue weighted by molar-refractivity contribution is 0.102. The van der Waals surface area contributed by atoms with Crippen LogP contribution in [0, 0.1) is 25.5 Å². The Morgan fingerprint density at radius 1 is 1.00 bits per heavy atom. The van der Waals surface area contributed by atoms with E-state index in [1.807, 2.05) is 32.0 Å². The Labute approximate surface area is 187 Å². The Kier molecular flexibility index (Phi) is 6.13. The molecule has 0 aliphatic carbocycles. The molecule has 1 aliphatic heterocycles. The topological polar surface area (TPSA) is 87.2 Å². The number of carbonyl (C=O) groups excluding carboxylic acids is 2. The van der Waals surface area contributed by atoms with Crippen LogP contribution in [0.4, 0.5) is 25.0 Å². The number of hydrogen-bond donors (Lipinski definition) is 2. The second-order valence-electron chi connectivity index (χ2n) is 7.61. The number of hydrogen-bond acceptors (Lipinski definition) is 5. The van der Waals surface area contributed by atoms with E-state index in [1.165, 1.54) is 6.07 Å². The fourth-order valence-electron chi connectivity index (χ4n) is 3.50. The highest BCUT2D eigenvalue weighted by atomic mass is 32.1. The van der Waals surface area contributed by atoms with Gasteiger partial charge in [0.15, 0.2) is 11.6 Å². The molecule has 32 heavy (non-hydrogen) atoms. The van der Waals surface area contributed by atoms with Crippen molar-refractivity contribution in [1.29, 1.82) is 0 Å². The number of benzene rings is 2. The molecule has 1 aromatic heterocycles. The van der Waals surface area contributed by atoms with E-state index in [0.29, 0.717) is 23.7 Å². The molecular formula is C22H21F2N5O2S. The van der Waals surface area contributed by atoms with Crippen molar-refractivity contribution in [3.8, 4) is 0 Å². The zero-order valence-electron chi connectivity index (χ0n) is 17.5. The van der Waals surface area contributed by atoms with Gasteiger partial charge in [0.05, 0.1) is 6.04 Å². The maximum atomic E-state index is 13.4. The van der Waals surface area contributed by atoms with Crippen molar-refractivity contribution in [2.75, 3.05) is 17.2 Å². The van der Waals surface area contributed by atoms with E-state index in [-0.39, 0.29) is 22.8 Å². The minimum atomic E-state index is -1.06. The van der Waals surface area contributed by atoms with Gasteiger partial charge < -0.3 is 15.5 Å². The number of amides is 3. The lowest BCUT2D eigenvalue weighted by Crippen LogP contribution is -2.34. The Hall–Kier alpha value is -3.40. The molecule has 0 radical (unpaired) electrons. The Balaban J connectivity index is 1.45. The average molecular weight is 458 g/mol. The summed E-state index contributed by atoms with van der Waals surface area (Å²) in [5.41, 5.74) is 3.06. The summed E-state index contributed by atoms with van der Waals surface area (Å²) in [4.78, 5) is 27.0. The molecule has 4 rings (SSSR count). The van der Waals surface area contributed by atoms with Gasteiger partial charge in [0.2, 0.25) is 5.01 Å². The first kappa shape index (κ1) is 21.8. The molecule has 0 saturated carbocycles. The van der Waals surface area contributed by atoms with E-state index in [1.54, 1.807) is 4.90 Å². The first-order valence-electron chi connectivity index (χ1n) is 10.1. The summed E-state index contributed by atoms with van der Waals surface area (Å²) >= 11 is 1.07. The first-order chi connectivity index (χ1) is 15.3. The third kappa shape index (κ3) is 4.59. The number of likely N-dealkylation sites (tertiary alicyclic amines) is 1. The van der Waals surface area contributed by atoms with Gasteiger partial charge in [0.25, 0.3) is 5.91 Å². The molecular weight excluding hydrogens is 436 g/mol. The summed E-state index contributed by atoms with van der Waals surface area (Å²) in [7, 11) is 0. The summed E-state index contributed by atoms with van der Waals surface area (Å²) in [5.74, 6) is -2.64. The molecule has 2 aromatic carbocycles. The first-order valence-corrected chi connectivity index (χ1v) is 10.9. The minimum Gasteiger partial charge on any atom is -0.320 e. The summed E-state index contributed by atoms with van der Waals surface area (Å²) in [6.45, 7) is 4.56. The maximum absolute atomic E-state index is 13.4. The lowest BCUT2D eigenvalue weighted by atomic mass is 10.1. The van der Waals surface area contributed by atoms with Crippen LogP contribution >= 0.6 is 11.3 Å². The Morgan fingerprint density at radius 3 is 2.50 bits per heavy atom. The SMILES string of the molecule is Cc1ccc(NC(=O)N2CCC[C@H]2c2nnc(C(=O)Nc3ccc(F)c(F)c3)s2)cc1C. The third-order valence-electron chi connectivity index (χ3n) is 5.37. The van der Waals surface area contributed by atoms with Gasteiger partial charge in [-0.15, -0.1) is 10.2 Å². The van der Waals surface area contributed by atoms with Crippen molar-refractivity contribution < 1.29 is 18.4 Å². The molecule has 7 nitrogen and oxygen atoms in total. The number of carbonyl (C=O) groups is 2. The van der Waals surface area contributed by atoms with Gasteiger partial charge in [-0.25, -0.2) is 13.6 Å². The molecule has 3 amide bonds. The van der Waals surface area contributed by atoms with Crippen molar-refractivity contribution in [3.05, 3.63) is 69.2 Å². The number of halogens is 2. The highest BCUT2D eigenvalue weighted by Crippen LogP contribution is 2.34. The quantitative estimate of drug-likeness (QED) is 0.574. The third-order valence-corrected chi connectivity index (χ3v) is 6.39. The fraction of sp³-hybridized carbons (Fsp3) is 0.273. The molecule has 1 saturated heterocycles. The van der Waals surface area contributed by atoms with Gasteiger partial charge in [0.1, 0.15) is 5.01 Å². The molecule has 1 atom stereocenters. The minimum absolute atomic E-state index is 0.0751. The standard InChI is InChI=1S/C22H21F2N5O2S/c1-12-5-6-14(10-13(12)2)26-22(31)29-9-3-4-18(29)20-27-28-21(32-20)19(30)25-15-7-8-16(23)17(24)11-15/h5-8,10-11,18H,3-4,9H2,1-2H3,(H,25,30)(H,26,31)/t18-/m0/s1. The van der Waals surface area contributed by atoms with Crippen LogP contribution in [0.3, 0.4) is 0 Å². The van der Waals surface area contributed by atoms with E-state index in [9.17, 15) is 18.4 Å². The number of anilines is 2. The maximum Gasteiger partial charge on any atom is 0.322 e. The number of urea groups is 1. The van der Waals surface area contributed by atoms with E-state index in [4.69, 9.17) is 0 Å². The molecule has 2 N–H and O–H groups in total. The van der Waals surface area contributed by atoms with Gasteiger partial charge in [-0.05, 0) is 62.1 Å². The van der Waals surface area contributed by atoms with Crippen molar-refractivity contribution in [2.24, 2.45) is 0 Å². The van der Waals surface area contributed by atoms with Crippen molar-refractivity contribution in [1.82, 2.24) is 15.1 Å². The number of rotatable bonds is 4. The fourth-order valence-corrected chi connectivity index (χ4v) is 4.39. The van der Waals surface area contributed by atoms with Gasteiger partial charge >= 0.3 is 6.03 Å². The zero-order chi connectivity index (χ0) is 22.8. The van der Waals surface area contributed by atoms with Crippen LogP contribution in [0.5, 0.6) is 0 Å². The van der Waals surface area contributed by atoms with Crippen molar-refractivity contribution in [2.45, 2.75) is 32.7 Å². The van der Waals surface area contributed by atoms with Gasteiger partial charge in [-0.2, -0.15) is 0 Å². The van der Waals surface area contributed by atoms with Gasteiger partial charge in [-0.3, -0.25) is 4.79 Å². The lowest BCUT2D eigenvalue weighted by Gasteiger charge is -2.23. The zero-order valence-corrected chi connectivity index (χ0v) is 18.3. The van der Waals surface area contributed by atoms with Gasteiger partial charge in [0, 0.05) is 24.0 Å². The predicted molar refractivity (Wildman–Crippen MR) is 118 cm³/mol. The molecule has 10 heteroatoms. The van der Waals surface area contributed by atoms with E-state index in [2.05, 4.69) is 20.8 Å². The molecule has 166 valence electrons. The molecule has 1 fully saturated rings. The molecule has 0 spiro atoms. The monoisotopic (exact) mass is 457 g/mol. The van der Waals surface area contributed by atoms with Gasteiger partial charge in [-0.1, -0.05) is 17.4 Å². The van der Waals surface area contributed by atoms with Crippen molar-refractivity contribution in [3.63, 3.8) is 0 Å². The van der Waals surface area contributed by atoms with E-state index in [0.717, 1.165) is 41.0 Å². The number of nitrogens with one attached hydrogen (secondary N) is 2. The van der Waals surface area contributed by atoms with Crippen LogP contribution in [0.1, 0.15) is 44.8 Å². The van der Waals surface area contributed by atoms with Crippen LogP contribution in [0.2, 0.25) is 0 Å². The number of nitrogens with zero attached hydrogens (tertiary/aromatic N) is 3. The summed E-state index contributed by atoms with van der Waals surface area (Å²) < 4.78 is 26.4. The molecule has 0 unspecified atom stereocenters. The number of aryl methyl sites for hydroxylation is 2.